The predicted molar refractivity (Wildman–Crippen MR) is 82.3 cm³/mol. The second kappa shape index (κ2) is 6.66. The van der Waals surface area contributed by atoms with Gasteiger partial charge >= 0.3 is 0 Å². The molecule has 116 valence electrons. The molecule has 1 aliphatic heterocycles. The average Bonchev–Trinajstić information content (AvgIpc) is 2.88. The van der Waals surface area contributed by atoms with E-state index < -0.39 is 10.0 Å². The lowest BCUT2D eigenvalue weighted by Crippen LogP contribution is -2.44. The lowest BCUT2D eigenvalue weighted by Gasteiger charge is -2.26. The van der Waals surface area contributed by atoms with Gasteiger partial charge in [0.15, 0.2) is 0 Å². The highest BCUT2D eigenvalue weighted by Crippen LogP contribution is 2.37. The molecule has 0 spiro atoms. The van der Waals surface area contributed by atoms with Crippen molar-refractivity contribution in [1.82, 2.24) is 9.62 Å². The van der Waals surface area contributed by atoms with Crippen LogP contribution >= 0.6 is 11.8 Å². The van der Waals surface area contributed by atoms with E-state index in [4.69, 9.17) is 0 Å². The molecule has 2 aliphatic rings. The van der Waals surface area contributed by atoms with E-state index in [-0.39, 0.29) is 23.6 Å². The van der Waals surface area contributed by atoms with E-state index in [0.29, 0.717) is 13.1 Å². The summed E-state index contributed by atoms with van der Waals surface area (Å²) in [6.45, 7) is 3.39. The van der Waals surface area contributed by atoms with Crippen molar-refractivity contribution in [3.63, 3.8) is 0 Å². The van der Waals surface area contributed by atoms with E-state index in [1.54, 1.807) is 16.1 Å². The van der Waals surface area contributed by atoms with Gasteiger partial charge in [-0.15, -0.1) is 0 Å². The van der Waals surface area contributed by atoms with E-state index in [2.05, 4.69) is 5.32 Å². The van der Waals surface area contributed by atoms with Crippen LogP contribution in [0.15, 0.2) is 0 Å². The van der Waals surface area contributed by atoms with Crippen LogP contribution in [0, 0.1) is 5.41 Å². The average molecular weight is 320 g/mol. The van der Waals surface area contributed by atoms with E-state index in [1.165, 1.54) is 0 Å². The van der Waals surface area contributed by atoms with Crippen molar-refractivity contribution in [2.24, 2.45) is 5.41 Å². The maximum Gasteiger partial charge on any atom is 0.225 e. The molecule has 1 aliphatic carbocycles. The van der Waals surface area contributed by atoms with Crippen molar-refractivity contribution >= 4 is 27.7 Å². The zero-order valence-corrected chi connectivity index (χ0v) is 13.7. The summed E-state index contributed by atoms with van der Waals surface area (Å²) in [4.78, 5) is 12.1. The summed E-state index contributed by atoms with van der Waals surface area (Å²) in [5.41, 5.74) is -0.286. The topological polar surface area (TPSA) is 66.5 Å². The molecule has 1 N–H and O–H groups in total. The van der Waals surface area contributed by atoms with Crippen molar-refractivity contribution in [3.8, 4) is 0 Å². The summed E-state index contributed by atoms with van der Waals surface area (Å²) in [5.74, 6) is 1.76. The van der Waals surface area contributed by atoms with Gasteiger partial charge in [0.1, 0.15) is 0 Å². The fourth-order valence-corrected chi connectivity index (χ4v) is 5.33. The molecule has 0 aromatic carbocycles. The van der Waals surface area contributed by atoms with Gasteiger partial charge in [-0.1, -0.05) is 19.8 Å². The SMILES string of the molecule is CC1(C(=O)NCCS(=O)(=O)N2CCSCC2)CCCC1. The second-order valence-electron chi connectivity index (χ2n) is 5.85. The smallest absolute Gasteiger partial charge is 0.225 e. The van der Waals surface area contributed by atoms with Gasteiger partial charge in [0.2, 0.25) is 15.9 Å². The van der Waals surface area contributed by atoms with Gasteiger partial charge in [-0.05, 0) is 12.8 Å². The van der Waals surface area contributed by atoms with Crippen LogP contribution in [0.25, 0.3) is 0 Å². The Kier molecular flexibility index (Phi) is 5.36. The Morgan fingerprint density at radius 2 is 1.85 bits per heavy atom. The highest BCUT2D eigenvalue weighted by Gasteiger charge is 2.36. The van der Waals surface area contributed by atoms with Crippen LogP contribution < -0.4 is 5.32 Å². The molecular formula is C13H24N2O3S2. The minimum Gasteiger partial charge on any atom is -0.355 e. The number of hydrogen-bond acceptors (Lipinski definition) is 4. The molecule has 0 bridgehead atoms. The Bertz CT molecular complexity index is 439. The zero-order chi connectivity index (χ0) is 14.6. The Labute approximate surface area is 125 Å². The summed E-state index contributed by atoms with van der Waals surface area (Å²) in [6, 6.07) is 0. The molecule has 0 atom stereocenters. The van der Waals surface area contributed by atoms with Crippen molar-refractivity contribution in [1.29, 1.82) is 0 Å². The number of carbonyl (C=O) groups excluding carboxylic acids is 1. The molecular weight excluding hydrogens is 296 g/mol. The Hall–Kier alpha value is -0.270. The molecule has 0 radical (unpaired) electrons. The van der Waals surface area contributed by atoms with Gasteiger partial charge in [0.05, 0.1) is 5.75 Å². The van der Waals surface area contributed by atoms with Gasteiger partial charge in [0.25, 0.3) is 0 Å². The first kappa shape index (κ1) is 16.1. The van der Waals surface area contributed by atoms with Crippen molar-refractivity contribution in [2.75, 3.05) is 36.9 Å². The summed E-state index contributed by atoms with van der Waals surface area (Å²) in [7, 11) is -3.22. The normalized spacial score (nSPS) is 23.6. The maximum atomic E-state index is 12.1. The molecule has 20 heavy (non-hydrogen) atoms. The van der Waals surface area contributed by atoms with Crippen LogP contribution in [0.3, 0.4) is 0 Å². The van der Waals surface area contributed by atoms with Crippen LogP contribution in [0.2, 0.25) is 0 Å². The van der Waals surface area contributed by atoms with E-state index in [0.717, 1.165) is 37.2 Å². The molecule has 5 nitrogen and oxygen atoms in total. The van der Waals surface area contributed by atoms with Gasteiger partial charge in [0, 0.05) is 36.6 Å². The lowest BCUT2D eigenvalue weighted by atomic mass is 9.88. The zero-order valence-electron chi connectivity index (χ0n) is 12.1. The van der Waals surface area contributed by atoms with E-state index in [9.17, 15) is 13.2 Å². The van der Waals surface area contributed by atoms with Crippen LogP contribution in [0.4, 0.5) is 0 Å². The van der Waals surface area contributed by atoms with Gasteiger partial charge < -0.3 is 5.32 Å². The number of sulfonamides is 1. The number of amides is 1. The molecule has 1 amide bonds. The van der Waals surface area contributed by atoms with E-state index >= 15 is 0 Å². The van der Waals surface area contributed by atoms with Crippen molar-refractivity contribution in [3.05, 3.63) is 0 Å². The van der Waals surface area contributed by atoms with Crippen LogP contribution in [0.1, 0.15) is 32.6 Å². The number of thioether (sulfide) groups is 1. The Balaban J connectivity index is 1.78. The minimum absolute atomic E-state index is 0.0133. The molecule has 1 heterocycles. The Morgan fingerprint density at radius 1 is 1.25 bits per heavy atom. The van der Waals surface area contributed by atoms with Crippen molar-refractivity contribution < 1.29 is 13.2 Å². The highest BCUT2D eigenvalue weighted by molar-refractivity contribution is 7.99. The number of carbonyl (C=O) groups is 1. The molecule has 1 saturated carbocycles. The van der Waals surface area contributed by atoms with Gasteiger partial charge in [-0.3, -0.25) is 4.79 Å². The van der Waals surface area contributed by atoms with Crippen LogP contribution in [-0.2, 0) is 14.8 Å². The fraction of sp³-hybridized carbons (Fsp3) is 0.923. The fourth-order valence-electron chi connectivity index (χ4n) is 2.84. The first-order valence-electron chi connectivity index (χ1n) is 7.28. The molecule has 1 saturated heterocycles. The monoisotopic (exact) mass is 320 g/mol. The number of nitrogens with one attached hydrogen (secondary N) is 1. The van der Waals surface area contributed by atoms with Crippen molar-refractivity contribution in [2.45, 2.75) is 32.6 Å². The third-order valence-electron chi connectivity index (χ3n) is 4.26. The first-order valence-corrected chi connectivity index (χ1v) is 10.0. The predicted octanol–water partition coefficient (Wildman–Crippen LogP) is 1.06. The summed E-state index contributed by atoms with van der Waals surface area (Å²) < 4.78 is 25.8. The quantitative estimate of drug-likeness (QED) is 0.822. The van der Waals surface area contributed by atoms with E-state index in [1.807, 2.05) is 6.92 Å². The van der Waals surface area contributed by atoms with Gasteiger partial charge in [-0.25, -0.2) is 12.7 Å². The summed E-state index contributed by atoms with van der Waals surface area (Å²) in [6.07, 6.45) is 4.01. The van der Waals surface area contributed by atoms with Crippen LogP contribution in [0.5, 0.6) is 0 Å². The second-order valence-corrected chi connectivity index (χ2v) is 9.16. The first-order chi connectivity index (χ1) is 9.44. The Morgan fingerprint density at radius 3 is 2.45 bits per heavy atom. The number of hydrogen-bond donors (Lipinski definition) is 1. The molecule has 2 fully saturated rings. The van der Waals surface area contributed by atoms with Crippen LogP contribution in [-0.4, -0.2) is 55.5 Å². The third kappa shape index (κ3) is 3.89. The molecule has 0 aromatic heterocycles. The molecule has 2 rings (SSSR count). The molecule has 7 heteroatoms. The summed E-state index contributed by atoms with van der Waals surface area (Å²) in [5, 5.41) is 2.81. The largest absolute Gasteiger partial charge is 0.355 e. The standard InChI is InChI=1S/C13H24N2O3S2/c1-13(4-2-3-5-13)12(16)14-6-11-20(17,18)15-7-9-19-10-8-15/h2-11H2,1H3,(H,14,16). The molecule has 0 unspecified atom stereocenters. The lowest BCUT2D eigenvalue weighted by molar-refractivity contribution is -0.129. The molecule has 0 aromatic rings. The number of rotatable bonds is 5. The maximum absolute atomic E-state index is 12.1. The summed E-state index contributed by atoms with van der Waals surface area (Å²) >= 11 is 1.78. The number of nitrogens with zero attached hydrogens (tertiary/aromatic N) is 1. The third-order valence-corrected chi connectivity index (χ3v) is 7.08. The van der Waals surface area contributed by atoms with Gasteiger partial charge in [-0.2, -0.15) is 11.8 Å². The minimum atomic E-state index is -3.22. The highest BCUT2D eigenvalue weighted by atomic mass is 32.2.